The Morgan fingerprint density at radius 1 is 1.31 bits per heavy atom. The van der Waals surface area contributed by atoms with Gasteiger partial charge in [0.2, 0.25) is 0 Å². The van der Waals surface area contributed by atoms with Gasteiger partial charge in [0.1, 0.15) is 0 Å². The first-order valence-electron chi connectivity index (χ1n) is 6.67. The van der Waals surface area contributed by atoms with E-state index >= 15 is 0 Å². The fraction of sp³-hybridized carbons (Fsp3) is 0.857. The molecule has 0 heterocycles. The van der Waals surface area contributed by atoms with E-state index < -0.39 is 0 Å². The minimum atomic E-state index is 0.684. The van der Waals surface area contributed by atoms with Crippen molar-refractivity contribution >= 4 is 0 Å². The first-order chi connectivity index (χ1) is 7.63. The van der Waals surface area contributed by atoms with Crippen LogP contribution in [0.5, 0.6) is 0 Å². The summed E-state index contributed by atoms with van der Waals surface area (Å²) in [4.78, 5) is 2.47. The molecule has 1 atom stereocenters. The summed E-state index contributed by atoms with van der Waals surface area (Å²) >= 11 is 0. The van der Waals surface area contributed by atoms with E-state index in [1.54, 1.807) is 0 Å². The summed E-state index contributed by atoms with van der Waals surface area (Å²) in [5.74, 6) is 1.44. The highest BCUT2D eigenvalue weighted by Gasteiger charge is 2.11. The minimum absolute atomic E-state index is 0.684. The van der Waals surface area contributed by atoms with Crippen molar-refractivity contribution in [1.29, 1.82) is 0 Å². The molecule has 0 aromatic rings. The Kier molecular flexibility index (Phi) is 9.65. The van der Waals surface area contributed by atoms with Crippen LogP contribution in [0.4, 0.5) is 0 Å². The van der Waals surface area contributed by atoms with Crippen LogP contribution >= 0.6 is 0 Å². The Morgan fingerprint density at radius 2 is 2.00 bits per heavy atom. The van der Waals surface area contributed by atoms with Crippen molar-refractivity contribution < 1.29 is 0 Å². The zero-order valence-corrected chi connectivity index (χ0v) is 11.4. The van der Waals surface area contributed by atoms with E-state index in [4.69, 9.17) is 5.73 Å². The number of hydrogen-bond donors (Lipinski definition) is 1. The van der Waals surface area contributed by atoms with Gasteiger partial charge in [0.05, 0.1) is 0 Å². The number of nitrogens with two attached hydrogens (primary N) is 1. The van der Waals surface area contributed by atoms with E-state index in [1.165, 1.54) is 25.8 Å². The van der Waals surface area contributed by atoms with E-state index in [0.717, 1.165) is 25.6 Å². The fourth-order valence-corrected chi connectivity index (χ4v) is 2.16. The Bertz CT molecular complexity index is 166. The average Bonchev–Trinajstić information content (AvgIpc) is 2.24. The highest BCUT2D eigenvalue weighted by atomic mass is 15.1. The molecule has 1 unspecified atom stereocenters. The average molecular weight is 226 g/mol. The quantitative estimate of drug-likeness (QED) is 0.580. The van der Waals surface area contributed by atoms with Crippen LogP contribution in [0.1, 0.15) is 40.0 Å². The maximum Gasteiger partial charge on any atom is 0.0160 e. The van der Waals surface area contributed by atoms with Crippen molar-refractivity contribution in [2.75, 3.05) is 26.2 Å². The highest BCUT2D eigenvalue weighted by Crippen LogP contribution is 2.14. The third kappa shape index (κ3) is 7.89. The van der Waals surface area contributed by atoms with Crippen LogP contribution in [-0.4, -0.2) is 31.1 Å². The molecule has 0 bridgehead atoms. The molecule has 96 valence electrons. The predicted molar refractivity (Wildman–Crippen MR) is 73.5 cm³/mol. The Labute approximate surface area is 102 Å². The molecule has 0 radical (unpaired) electrons. The van der Waals surface area contributed by atoms with Crippen molar-refractivity contribution in [1.82, 2.24) is 4.90 Å². The van der Waals surface area contributed by atoms with Gasteiger partial charge in [0.15, 0.2) is 0 Å². The second kappa shape index (κ2) is 9.86. The van der Waals surface area contributed by atoms with Crippen LogP contribution in [0, 0.1) is 11.8 Å². The predicted octanol–water partition coefficient (Wildman–Crippen LogP) is 2.90. The zero-order valence-electron chi connectivity index (χ0n) is 11.4. The molecule has 0 saturated carbocycles. The maximum atomic E-state index is 5.82. The molecule has 2 nitrogen and oxygen atoms in total. The Morgan fingerprint density at radius 3 is 2.44 bits per heavy atom. The smallest absolute Gasteiger partial charge is 0.0160 e. The van der Waals surface area contributed by atoms with Crippen LogP contribution in [0.2, 0.25) is 0 Å². The van der Waals surface area contributed by atoms with Gasteiger partial charge in [-0.1, -0.05) is 26.8 Å². The normalized spacial score (nSPS) is 13.4. The standard InChI is InChI=1S/C14H30N2/c1-5-8-16(9-6-2)10-7-14(12-15)11-13(3)4/h5,13-14H,1,6-12,15H2,2-4H3. The topological polar surface area (TPSA) is 29.3 Å². The molecule has 0 aromatic carbocycles. The molecule has 0 rings (SSSR count). The van der Waals surface area contributed by atoms with Crippen LogP contribution in [0.3, 0.4) is 0 Å². The van der Waals surface area contributed by atoms with Crippen LogP contribution < -0.4 is 5.73 Å². The second-order valence-electron chi connectivity index (χ2n) is 5.11. The lowest BCUT2D eigenvalue weighted by atomic mass is 9.94. The molecule has 0 aromatic heterocycles. The molecule has 16 heavy (non-hydrogen) atoms. The molecule has 0 aliphatic heterocycles. The fourth-order valence-electron chi connectivity index (χ4n) is 2.16. The van der Waals surface area contributed by atoms with Crippen LogP contribution in [0.15, 0.2) is 12.7 Å². The van der Waals surface area contributed by atoms with E-state index in [0.29, 0.717) is 5.92 Å². The lowest BCUT2D eigenvalue weighted by molar-refractivity contribution is 0.264. The highest BCUT2D eigenvalue weighted by molar-refractivity contribution is 4.74. The first-order valence-corrected chi connectivity index (χ1v) is 6.67. The SMILES string of the molecule is C=CCN(CCC)CCC(CN)CC(C)C. The molecule has 0 aliphatic rings. The monoisotopic (exact) mass is 226 g/mol. The van der Waals surface area contributed by atoms with Crippen LogP contribution in [0.25, 0.3) is 0 Å². The van der Waals surface area contributed by atoms with Crippen molar-refractivity contribution in [3.05, 3.63) is 12.7 Å². The lowest BCUT2D eigenvalue weighted by Crippen LogP contribution is -2.29. The van der Waals surface area contributed by atoms with E-state index in [9.17, 15) is 0 Å². The first kappa shape index (κ1) is 15.7. The third-order valence-corrected chi connectivity index (χ3v) is 2.92. The zero-order chi connectivity index (χ0) is 12.4. The third-order valence-electron chi connectivity index (χ3n) is 2.92. The lowest BCUT2D eigenvalue weighted by Gasteiger charge is -2.23. The van der Waals surface area contributed by atoms with Gasteiger partial charge in [0, 0.05) is 6.54 Å². The van der Waals surface area contributed by atoms with Gasteiger partial charge in [-0.05, 0) is 50.7 Å². The molecular formula is C14H30N2. The summed E-state index contributed by atoms with van der Waals surface area (Å²) in [5.41, 5.74) is 5.82. The number of hydrogen-bond acceptors (Lipinski definition) is 2. The summed E-state index contributed by atoms with van der Waals surface area (Å²) in [6.07, 6.45) is 5.69. The van der Waals surface area contributed by atoms with Gasteiger partial charge in [-0.3, -0.25) is 4.90 Å². The van der Waals surface area contributed by atoms with Crippen molar-refractivity contribution in [3.63, 3.8) is 0 Å². The van der Waals surface area contributed by atoms with Crippen LogP contribution in [-0.2, 0) is 0 Å². The van der Waals surface area contributed by atoms with Gasteiger partial charge in [-0.2, -0.15) is 0 Å². The Hall–Kier alpha value is -0.340. The molecule has 0 saturated heterocycles. The van der Waals surface area contributed by atoms with E-state index in [-0.39, 0.29) is 0 Å². The molecule has 0 fully saturated rings. The summed E-state index contributed by atoms with van der Waals surface area (Å²) in [5, 5.41) is 0. The van der Waals surface area contributed by atoms with E-state index in [1.807, 2.05) is 6.08 Å². The summed E-state index contributed by atoms with van der Waals surface area (Å²) in [6, 6.07) is 0. The van der Waals surface area contributed by atoms with Gasteiger partial charge < -0.3 is 5.73 Å². The van der Waals surface area contributed by atoms with Crippen molar-refractivity contribution in [2.24, 2.45) is 17.6 Å². The largest absolute Gasteiger partial charge is 0.330 e. The van der Waals surface area contributed by atoms with Gasteiger partial charge in [0.25, 0.3) is 0 Å². The Balaban J connectivity index is 3.89. The van der Waals surface area contributed by atoms with Gasteiger partial charge in [-0.15, -0.1) is 6.58 Å². The van der Waals surface area contributed by atoms with Crippen molar-refractivity contribution in [3.8, 4) is 0 Å². The van der Waals surface area contributed by atoms with E-state index in [2.05, 4.69) is 32.3 Å². The summed E-state index contributed by atoms with van der Waals surface area (Å²) < 4.78 is 0. The maximum absolute atomic E-state index is 5.82. The second-order valence-corrected chi connectivity index (χ2v) is 5.11. The molecule has 2 heteroatoms. The molecule has 0 aliphatic carbocycles. The van der Waals surface area contributed by atoms with Crippen molar-refractivity contribution in [2.45, 2.75) is 40.0 Å². The number of rotatable bonds is 10. The molecule has 2 N–H and O–H groups in total. The molecular weight excluding hydrogens is 196 g/mol. The van der Waals surface area contributed by atoms with Gasteiger partial charge in [-0.25, -0.2) is 0 Å². The number of nitrogens with zero attached hydrogens (tertiary/aromatic N) is 1. The van der Waals surface area contributed by atoms with Gasteiger partial charge >= 0.3 is 0 Å². The molecule has 0 amide bonds. The summed E-state index contributed by atoms with van der Waals surface area (Å²) in [7, 11) is 0. The summed E-state index contributed by atoms with van der Waals surface area (Å²) in [6.45, 7) is 14.8. The minimum Gasteiger partial charge on any atom is -0.330 e. The molecule has 0 spiro atoms.